The maximum Gasteiger partial charge on any atom is 0.264 e. The van der Waals surface area contributed by atoms with Gasteiger partial charge in [-0.3, -0.25) is 13.9 Å². The van der Waals surface area contributed by atoms with E-state index in [1.165, 1.54) is 59.5 Å². The van der Waals surface area contributed by atoms with E-state index >= 15 is 0 Å². The van der Waals surface area contributed by atoms with Crippen molar-refractivity contribution in [2.24, 2.45) is 0 Å². The molecule has 0 fully saturated rings. The molecule has 0 radical (unpaired) electrons. The first-order valence-electron chi connectivity index (χ1n) is 13.9. The molecule has 0 bridgehead atoms. The molecule has 0 aromatic heterocycles. The Labute approximate surface area is 267 Å². The molecule has 230 valence electrons. The van der Waals surface area contributed by atoms with E-state index in [9.17, 15) is 22.4 Å². The molecule has 4 rings (SSSR count). The predicted octanol–water partition coefficient (Wildman–Crippen LogP) is 6.41. The molecule has 0 heterocycles. The van der Waals surface area contributed by atoms with Gasteiger partial charge in [0.2, 0.25) is 11.8 Å². The molecular weight excluding hydrogens is 624 g/mol. The number of hydrogen-bond donors (Lipinski definition) is 1. The van der Waals surface area contributed by atoms with Gasteiger partial charge in [0.25, 0.3) is 10.0 Å². The molecule has 4 aromatic carbocycles. The van der Waals surface area contributed by atoms with Gasteiger partial charge in [-0.2, -0.15) is 0 Å². The minimum absolute atomic E-state index is 0.0401. The van der Waals surface area contributed by atoms with E-state index < -0.39 is 40.2 Å². The highest BCUT2D eigenvalue weighted by atomic mass is 35.5. The lowest BCUT2D eigenvalue weighted by Gasteiger charge is -2.34. The minimum Gasteiger partial charge on any atom is -0.355 e. The molecule has 7 nitrogen and oxygen atoms in total. The molecule has 0 spiro atoms. The van der Waals surface area contributed by atoms with Gasteiger partial charge in [0, 0.05) is 29.6 Å². The van der Waals surface area contributed by atoms with Crippen molar-refractivity contribution in [2.45, 2.75) is 37.8 Å². The van der Waals surface area contributed by atoms with E-state index in [2.05, 4.69) is 5.32 Å². The zero-order valence-corrected chi connectivity index (χ0v) is 26.5. The van der Waals surface area contributed by atoms with E-state index in [0.717, 1.165) is 15.4 Å². The molecule has 2 amide bonds. The fourth-order valence-corrected chi connectivity index (χ4v) is 6.59. The van der Waals surface area contributed by atoms with Gasteiger partial charge in [-0.15, -0.1) is 0 Å². The van der Waals surface area contributed by atoms with Crippen molar-refractivity contribution in [3.63, 3.8) is 0 Å². The Kier molecular flexibility index (Phi) is 11.0. The molecule has 0 saturated carbocycles. The third kappa shape index (κ3) is 8.37. The Balaban J connectivity index is 1.81. The zero-order valence-electron chi connectivity index (χ0n) is 24.2. The Morgan fingerprint density at radius 1 is 0.864 bits per heavy atom. The number of sulfonamides is 1. The molecule has 0 aliphatic carbocycles. The number of aryl methyl sites for hydroxylation is 1. The van der Waals surface area contributed by atoms with Crippen LogP contribution in [0.25, 0.3) is 0 Å². The Hall–Kier alpha value is -3.92. The second kappa shape index (κ2) is 14.7. The number of carbonyl (C=O) groups excluding carboxylic acids is 2. The summed E-state index contributed by atoms with van der Waals surface area (Å²) in [5.74, 6) is -1.52. The number of amides is 2. The number of likely N-dealkylation sites (N-methyl/N-ethyl adjacent to an activating group) is 1. The lowest BCUT2D eigenvalue weighted by atomic mass is 10.0. The predicted molar refractivity (Wildman–Crippen MR) is 172 cm³/mol. The molecule has 4 aromatic rings. The van der Waals surface area contributed by atoms with Crippen molar-refractivity contribution in [3.8, 4) is 0 Å². The monoisotopic (exact) mass is 655 g/mol. The van der Waals surface area contributed by atoms with Gasteiger partial charge in [-0.25, -0.2) is 12.8 Å². The van der Waals surface area contributed by atoms with Gasteiger partial charge in [0.15, 0.2) is 0 Å². The summed E-state index contributed by atoms with van der Waals surface area (Å²) in [6.07, 6.45) is 0.160. The normalized spacial score (nSPS) is 11.9. The van der Waals surface area contributed by atoms with Crippen LogP contribution >= 0.6 is 23.2 Å². The van der Waals surface area contributed by atoms with Gasteiger partial charge in [-0.1, -0.05) is 83.4 Å². The van der Waals surface area contributed by atoms with Gasteiger partial charge in [0.1, 0.15) is 18.4 Å². The first-order valence-corrected chi connectivity index (χ1v) is 16.1. The van der Waals surface area contributed by atoms with Crippen LogP contribution in [0.1, 0.15) is 23.6 Å². The summed E-state index contributed by atoms with van der Waals surface area (Å²) in [5.41, 5.74) is 2.29. The maximum absolute atomic E-state index is 14.3. The summed E-state index contributed by atoms with van der Waals surface area (Å²) < 4.78 is 42.8. The van der Waals surface area contributed by atoms with Crippen molar-refractivity contribution in [2.75, 3.05) is 17.4 Å². The van der Waals surface area contributed by atoms with Gasteiger partial charge >= 0.3 is 0 Å². The van der Waals surface area contributed by atoms with Crippen LogP contribution in [0.4, 0.5) is 10.1 Å². The number of halogens is 3. The van der Waals surface area contributed by atoms with Crippen LogP contribution < -0.4 is 9.62 Å². The molecule has 0 aliphatic rings. The topological polar surface area (TPSA) is 86.8 Å². The zero-order chi connectivity index (χ0) is 31.9. The summed E-state index contributed by atoms with van der Waals surface area (Å²) in [5, 5.41) is 3.15. The number of nitrogens with zero attached hydrogens (tertiary/aromatic N) is 2. The standard InChI is InChI=1S/C33H32Cl2FN3O4S/c1-3-37-33(41)31(17-24-7-5-4-6-8-24)38(21-25-11-13-28(36)14-12-25)32(40)22-39(29-19-26(34)18-27(35)20-29)44(42,43)30-15-9-23(2)10-16-30/h4-16,18-20,31H,3,17,21-22H2,1-2H3,(H,37,41). The van der Waals surface area contributed by atoms with Gasteiger partial charge < -0.3 is 10.2 Å². The van der Waals surface area contributed by atoms with Crippen molar-refractivity contribution >= 4 is 50.7 Å². The highest BCUT2D eigenvalue weighted by Crippen LogP contribution is 2.30. The quantitative estimate of drug-likeness (QED) is 0.191. The molecule has 0 saturated heterocycles. The molecule has 1 atom stereocenters. The second-order valence-electron chi connectivity index (χ2n) is 10.2. The fourth-order valence-electron chi connectivity index (χ4n) is 4.68. The van der Waals surface area contributed by atoms with Crippen LogP contribution in [0, 0.1) is 12.7 Å². The van der Waals surface area contributed by atoms with Crippen LogP contribution in [-0.2, 0) is 32.6 Å². The van der Waals surface area contributed by atoms with Crippen molar-refractivity contribution < 1.29 is 22.4 Å². The van der Waals surface area contributed by atoms with E-state index in [-0.39, 0.29) is 33.6 Å². The van der Waals surface area contributed by atoms with E-state index in [1.54, 1.807) is 19.1 Å². The second-order valence-corrected chi connectivity index (χ2v) is 12.9. The molecular formula is C33H32Cl2FN3O4S. The molecule has 1 N–H and O–H groups in total. The van der Waals surface area contributed by atoms with Crippen LogP contribution in [-0.4, -0.2) is 44.3 Å². The average molecular weight is 657 g/mol. The number of benzene rings is 4. The number of rotatable bonds is 12. The lowest BCUT2D eigenvalue weighted by Crippen LogP contribution is -2.53. The highest BCUT2D eigenvalue weighted by molar-refractivity contribution is 7.92. The van der Waals surface area contributed by atoms with Crippen molar-refractivity contribution in [1.82, 2.24) is 10.2 Å². The summed E-state index contributed by atoms with van der Waals surface area (Å²) in [6, 6.07) is 24.2. The van der Waals surface area contributed by atoms with Crippen LogP contribution in [0.15, 0.2) is 102 Å². The van der Waals surface area contributed by atoms with Crippen LogP contribution in [0.3, 0.4) is 0 Å². The molecule has 44 heavy (non-hydrogen) atoms. The minimum atomic E-state index is -4.31. The number of anilines is 1. The Bertz CT molecular complexity index is 1680. The SMILES string of the molecule is CCNC(=O)C(Cc1ccccc1)N(Cc1ccc(F)cc1)C(=O)CN(c1cc(Cl)cc(Cl)c1)S(=O)(=O)c1ccc(C)cc1. The van der Waals surface area contributed by atoms with Crippen molar-refractivity contribution in [3.05, 3.63) is 130 Å². The first kappa shape index (κ1) is 33.0. The van der Waals surface area contributed by atoms with Crippen LogP contribution in [0.5, 0.6) is 0 Å². The van der Waals surface area contributed by atoms with E-state index in [4.69, 9.17) is 23.2 Å². The first-order chi connectivity index (χ1) is 21.0. The smallest absolute Gasteiger partial charge is 0.264 e. The van der Waals surface area contributed by atoms with E-state index in [1.807, 2.05) is 37.3 Å². The number of carbonyl (C=O) groups is 2. The third-order valence-electron chi connectivity index (χ3n) is 6.91. The summed E-state index contributed by atoms with van der Waals surface area (Å²) in [6.45, 7) is 3.16. The van der Waals surface area contributed by atoms with Gasteiger partial charge in [0.05, 0.1) is 10.6 Å². The Morgan fingerprint density at radius 2 is 1.48 bits per heavy atom. The lowest BCUT2D eigenvalue weighted by molar-refractivity contribution is -0.140. The average Bonchev–Trinajstić information content (AvgIpc) is 2.98. The fraction of sp³-hybridized carbons (Fsp3) is 0.212. The molecule has 1 unspecified atom stereocenters. The van der Waals surface area contributed by atoms with Crippen LogP contribution in [0.2, 0.25) is 10.0 Å². The number of nitrogens with one attached hydrogen (secondary N) is 1. The largest absolute Gasteiger partial charge is 0.355 e. The van der Waals surface area contributed by atoms with Crippen molar-refractivity contribution in [1.29, 1.82) is 0 Å². The molecule has 11 heteroatoms. The third-order valence-corrected chi connectivity index (χ3v) is 9.14. The van der Waals surface area contributed by atoms with E-state index in [0.29, 0.717) is 12.1 Å². The maximum atomic E-state index is 14.3. The Morgan fingerprint density at radius 3 is 2.07 bits per heavy atom. The highest BCUT2D eigenvalue weighted by Gasteiger charge is 2.34. The molecule has 0 aliphatic heterocycles. The number of hydrogen-bond acceptors (Lipinski definition) is 4. The summed E-state index contributed by atoms with van der Waals surface area (Å²) in [7, 11) is -4.31. The summed E-state index contributed by atoms with van der Waals surface area (Å²) in [4.78, 5) is 29.1. The van der Waals surface area contributed by atoms with Gasteiger partial charge in [-0.05, 0) is 67.4 Å². The summed E-state index contributed by atoms with van der Waals surface area (Å²) >= 11 is 12.5.